The molecule has 162 valence electrons. The highest BCUT2D eigenvalue weighted by atomic mass is 35.5. The quantitative estimate of drug-likeness (QED) is 0.429. The van der Waals surface area contributed by atoms with Gasteiger partial charge >= 0.3 is 0 Å². The van der Waals surface area contributed by atoms with Gasteiger partial charge < -0.3 is 15.1 Å². The average Bonchev–Trinajstić information content (AvgIpc) is 3.48. The molecule has 32 heavy (non-hydrogen) atoms. The van der Waals surface area contributed by atoms with E-state index in [1.165, 1.54) is 6.26 Å². The number of halogens is 1. The zero-order chi connectivity index (χ0) is 22.3. The molecule has 0 saturated carbocycles. The Morgan fingerprint density at radius 2 is 1.72 bits per heavy atom. The number of hydrogen-bond acceptors (Lipinski definition) is 4. The summed E-state index contributed by atoms with van der Waals surface area (Å²) in [6.45, 7) is 0.148. The zero-order valence-electron chi connectivity index (χ0n) is 17.1. The predicted molar refractivity (Wildman–Crippen MR) is 121 cm³/mol. The minimum atomic E-state index is -0.298. The zero-order valence-corrected chi connectivity index (χ0v) is 17.9. The molecule has 2 aromatic carbocycles. The van der Waals surface area contributed by atoms with E-state index in [-0.39, 0.29) is 31.3 Å². The lowest BCUT2D eigenvalue weighted by Crippen LogP contribution is -2.37. The van der Waals surface area contributed by atoms with Crippen LogP contribution >= 0.6 is 11.6 Å². The van der Waals surface area contributed by atoms with E-state index in [0.29, 0.717) is 16.5 Å². The maximum atomic E-state index is 12.6. The van der Waals surface area contributed by atoms with Crippen molar-refractivity contribution in [3.63, 3.8) is 0 Å². The van der Waals surface area contributed by atoms with Gasteiger partial charge in [0.15, 0.2) is 0 Å². The Balaban J connectivity index is 1.45. The van der Waals surface area contributed by atoms with Crippen LogP contribution in [0.5, 0.6) is 0 Å². The lowest BCUT2D eigenvalue weighted by atomic mass is 10.1. The highest BCUT2D eigenvalue weighted by Crippen LogP contribution is 2.25. The number of furan rings is 1. The van der Waals surface area contributed by atoms with Crippen LogP contribution in [0.3, 0.4) is 0 Å². The molecule has 0 bridgehead atoms. The Bertz CT molecular complexity index is 1190. The van der Waals surface area contributed by atoms with Gasteiger partial charge in [0.05, 0.1) is 37.2 Å². The van der Waals surface area contributed by atoms with Crippen molar-refractivity contribution in [1.82, 2.24) is 20.4 Å². The molecule has 4 rings (SSSR count). The fourth-order valence-corrected chi connectivity index (χ4v) is 3.30. The number of carbonyl (C=O) groups excluding carboxylic acids is 2. The van der Waals surface area contributed by atoms with Gasteiger partial charge in [-0.15, -0.1) is 0 Å². The number of nitrogens with zero attached hydrogens (tertiary/aromatic N) is 2. The van der Waals surface area contributed by atoms with E-state index in [1.807, 2.05) is 48.7 Å². The van der Waals surface area contributed by atoms with Crippen LogP contribution in [0.15, 0.2) is 83.6 Å². The van der Waals surface area contributed by atoms with Gasteiger partial charge in [0, 0.05) is 22.3 Å². The minimum absolute atomic E-state index is 0.0796. The molecule has 2 N–H and O–H groups in total. The summed E-state index contributed by atoms with van der Waals surface area (Å²) in [4.78, 5) is 24.6. The number of para-hydroxylation sites is 1. The van der Waals surface area contributed by atoms with Crippen molar-refractivity contribution in [3.05, 3.63) is 95.5 Å². The molecule has 0 aliphatic carbocycles. The highest BCUT2D eigenvalue weighted by Gasteiger charge is 2.16. The first-order chi connectivity index (χ1) is 15.6. The van der Waals surface area contributed by atoms with Crippen molar-refractivity contribution in [2.45, 2.75) is 13.0 Å². The molecule has 8 heteroatoms. The van der Waals surface area contributed by atoms with Crippen LogP contribution in [-0.2, 0) is 22.6 Å². The standard InChI is InChI=1S/C24H21ClN4O3/c25-19-10-8-17(9-11-19)24-18(16-29(28-24)20-5-2-1-3-6-20)13-22(30)27-15-23(31)26-14-21-7-4-12-32-21/h1-12,16H,13-15H2,(H,26,31)(H,27,30). The second-order valence-corrected chi connectivity index (χ2v) is 7.54. The fraction of sp³-hybridized carbons (Fsp3) is 0.125. The van der Waals surface area contributed by atoms with Crippen LogP contribution in [0, 0.1) is 0 Å². The second-order valence-electron chi connectivity index (χ2n) is 7.10. The van der Waals surface area contributed by atoms with Crippen molar-refractivity contribution in [2.75, 3.05) is 6.54 Å². The third-order valence-corrected chi connectivity index (χ3v) is 5.02. The monoisotopic (exact) mass is 448 g/mol. The van der Waals surface area contributed by atoms with Gasteiger partial charge in [-0.1, -0.05) is 41.9 Å². The van der Waals surface area contributed by atoms with E-state index < -0.39 is 0 Å². The van der Waals surface area contributed by atoms with E-state index in [9.17, 15) is 9.59 Å². The Kier molecular flexibility index (Phi) is 6.67. The predicted octanol–water partition coefficient (Wildman–Crippen LogP) is 3.76. The molecule has 0 fully saturated rings. The first-order valence-corrected chi connectivity index (χ1v) is 10.4. The fourth-order valence-electron chi connectivity index (χ4n) is 3.18. The molecule has 4 aromatic rings. The molecule has 2 aromatic heterocycles. The summed E-state index contributed by atoms with van der Waals surface area (Å²) in [6, 6.07) is 20.5. The summed E-state index contributed by atoms with van der Waals surface area (Å²) in [5.41, 5.74) is 3.15. The largest absolute Gasteiger partial charge is 0.467 e. The molecule has 0 aliphatic heterocycles. The molecule has 0 radical (unpaired) electrons. The number of aromatic nitrogens is 2. The highest BCUT2D eigenvalue weighted by molar-refractivity contribution is 6.30. The normalized spacial score (nSPS) is 10.7. The SMILES string of the molecule is O=C(CNC(=O)Cc1cn(-c2ccccc2)nc1-c1ccc(Cl)cc1)NCc1ccco1. The van der Waals surface area contributed by atoms with E-state index >= 15 is 0 Å². The van der Waals surface area contributed by atoms with Gasteiger partial charge in [-0.05, 0) is 36.4 Å². The first kappa shape index (κ1) is 21.4. The number of benzene rings is 2. The second kappa shape index (κ2) is 9.98. The van der Waals surface area contributed by atoms with Crippen molar-refractivity contribution >= 4 is 23.4 Å². The summed E-state index contributed by atoms with van der Waals surface area (Å²) in [5, 5.41) is 10.7. The Morgan fingerprint density at radius 3 is 2.44 bits per heavy atom. The van der Waals surface area contributed by atoms with Crippen molar-refractivity contribution in [3.8, 4) is 16.9 Å². The number of amides is 2. The van der Waals surface area contributed by atoms with Crippen molar-refractivity contribution in [1.29, 1.82) is 0 Å². The van der Waals surface area contributed by atoms with Gasteiger partial charge in [-0.25, -0.2) is 4.68 Å². The molecule has 0 saturated heterocycles. The van der Waals surface area contributed by atoms with Crippen molar-refractivity contribution in [2.24, 2.45) is 0 Å². The molecule has 0 aliphatic rings. The average molecular weight is 449 g/mol. The molecule has 0 atom stereocenters. The van der Waals surface area contributed by atoms with Gasteiger partial charge in [0.1, 0.15) is 5.76 Å². The van der Waals surface area contributed by atoms with E-state index in [1.54, 1.807) is 28.9 Å². The topological polar surface area (TPSA) is 89.2 Å². The third-order valence-electron chi connectivity index (χ3n) is 4.77. The van der Waals surface area contributed by atoms with Crippen LogP contribution in [0.1, 0.15) is 11.3 Å². The number of hydrogen-bond donors (Lipinski definition) is 2. The number of carbonyl (C=O) groups is 2. The minimum Gasteiger partial charge on any atom is -0.467 e. The first-order valence-electron chi connectivity index (χ1n) is 10.0. The summed E-state index contributed by atoms with van der Waals surface area (Å²) < 4.78 is 6.91. The van der Waals surface area contributed by atoms with Crippen LogP contribution in [0.25, 0.3) is 16.9 Å². The number of rotatable bonds is 8. The lowest BCUT2D eigenvalue weighted by Gasteiger charge is -2.06. The summed E-state index contributed by atoms with van der Waals surface area (Å²) >= 11 is 6.02. The van der Waals surface area contributed by atoms with E-state index in [2.05, 4.69) is 10.6 Å². The molecule has 0 spiro atoms. The van der Waals surface area contributed by atoms with Gasteiger partial charge in [-0.3, -0.25) is 9.59 Å². The van der Waals surface area contributed by atoms with E-state index in [0.717, 1.165) is 16.8 Å². The third kappa shape index (κ3) is 5.44. The Hall–Kier alpha value is -3.84. The van der Waals surface area contributed by atoms with Crippen LogP contribution in [-0.4, -0.2) is 28.1 Å². The van der Waals surface area contributed by atoms with Crippen LogP contribution in [0.4, 0.5) is 0 Å². The molecule has 2 heterocycles. The smallest absolute Gasteiger partial charge is 0.239 e. The van der Waals surface area contributed by atoms with Gasteiger partial charge in [0.2, 0.25) is 11.8 Å². The van der Waals surface area contributed by atoms with Gasteiger partial charge in [0.25, 0.3) is 0 Å². The molecular formula is C24H21ClN4O3. The molecular weight excluding hydrogens is 428 g/mol. The molecule has 2 amide bonds. The summed E-state index contributed by atoms with van der Waals surface area (Å²) in [7, 11) is 0. The van der Waals surface area contributed by atoms with Crippen molar-refractivity contribution < 1.29 is 14.0 Å². The van der Waals surface area contributed by atoms with Gasteiger partial charge in [-0.2, -0.15) is 5.10 Å². The molecule has 7 nitrogen and oxygen atoms in total. The Morgan fingerprint density at radius 1 is 0.938 bits per heavy atom. The maximum Gasteiger partial charge on any atom is 0.239 e. The van der Waals surface area contributed by atoms with Crippen LogP contribution < -0.4 is 10.6 Å². The Labute approximate surface area is 190 Å². The number of nitrogens with one attached hydrogen (secondary N) is 2. The lowest BCUT2D eigenvalue weighted by molar-refractivity contribution is -0.125. The molecule has 0 unspecified atom stereocenters. The van der Waals surface area contributed by atoms with E-state index in [4.69, 9.17) is 21.1 Å². The summed E-state index contributed by atoms with van der Waals surface area (Å²) in [6.07, 6.45) is 3.45. The van der Waals surface area contributed by atoms with Crippen LogP contribution in [0.2, 0.25) is 5.02 Å². The maximum absolute atomic E-state index is 12.6. The summed E-state index contributed by atoms with van der Waals surface area (Å²) in [5.74, 6) is 0.0687.